The minimum atomic E-state index is -1.87. The summed E-state index contributed by atoms with van der Waals surface area (Å²) in [7, 11) is -1.87. The monoisotopic (exact) mass is 291 g/mol. The molecule has 0 fully saturated rings. The molecule has 0 saturated carbocycles. The Morgan fingerprint density at radius 1 is 1.10 bits per heavy atom. The van der Waals surface area contributed by atoms with Crippen molar-refractivity contribution in [1.29, 1.82) is 0 Å². The van der Waals surface area contributed by atoms with E-state index < -0.39 is 24.7 Å². The van der Waals surface area contributed by atoms with Gasteiger partial charge in [-0.2, -0.15) is 0 Å². The van der Waals surface area contributed by atoms with Crippen LogP contribution in [0.1, 0.15) is 15.9 Å². The lowest BCUT2D eigenvalue weighted by atomic mass is 9.79. The molecule has 0 aliphatic rings. The maximum absolute atomic E-state index is 13.3. The molecule has 0 radical (unpaired) electrons. The van der Waals surface area contributed by atoms with Crippen LogP contribution in [0.5, 0.6) is 0 Å². The van der Waals surface area contributed by atoms with Crippen molar-refractivity contribution in [2.75, 3.05) is 0 Å². The van der Waals surface area contributed by atoms with Crippen molar-refractivity contribution in [3.05, 3.63) is 65.2 Å². The van der Waals surface area contributed by atoms with Crippen molar-refractivity contribution in [3.8, 4) is 0 Å². The molecule has 108 valence electrons. The van der Waals surface area contributed by atoms with Crippen molar-refractivity contribution in [3.63, 3.8) is 0 Å². The summed E-state index contributed by atoms with van der Waals surface area (Å²) in [6.07, 6.45) is 0. The molecule has 7 heteroatoms. The summed E-state index contributed by atoms with van der Waals surface area (Å²) in [6.45, 7) is 0.0735. The molecule has 0 heterocycles. The number of carbonyl (C=O) groups is 1. The van der Waals surface area contributed by atoms with Crippen molar-refractivity contribution < 1.29 is 23.6 Å². The van der Waals surface area contributed by atoms with Gasteiger partial charge in [-0.15, -0.1) is 0 Å². The van der Waals surface area contributed by atoms with Gasteiger partial charge in [-0.05, 0) is 41.4 Å². The number of rotatable bonds is 4. The van der Waals surface area contributed by atoms with Crippen LogP contribution < -0.4 is 10.8 Å². The van der Waals surface area contributed by atoms with Crippen LogP contribution in [-0.4, -0.2) is 23.1 Å². The van der Waals surface area contributed by atoms with Crippen molar-refractivity contribution in [1.82, 2.24) is 5.32 Å². The molecule has 0 spiro atoms. The molecule has 0 saturated heterocycles. The minimum Gasteiger partial charge on any atom is -0.423 e. The molecule has 0 aliphatic heterocycles. The number of benzene rings is 2. The summed E-state index contributed by atoms with van der Waals surface area (Å²) in [5.74, 6) is -1.77. The lowest BCUT2D eigenvalue weighted by Crippen LogP contribution is -2.32. The highest BCUT2D eigenvalue weighted by atomic mass is 19.1. The smallest absolute Gasteiger partial charge is 0.423 e. The second-order valence-corrected chi connectivity index (χ2v) is 4.46. The SMILES string of the molecule is O=C(NCc1cccc(F)c1)c1cc(F)cc(B(O)O)c1. The van der Waals surface area contributed by atoms with Gasteiger partial charge in [0.05, 0.1) is 0 Å². The number of hydrogen-bond acceptors (Lipinski definition) is 3. The normalized spacial score (nSPS) is 10.3. The van der Waals surface area contributed by atoms with Crippen LogP contribution in [0.4, 0.5) is 8.78 Å². The van der Waals surface area contributed by atoms with Crippen LogP contribution in [0.2, 0.25) is 0 Å². The Morgan fingerprint density at radius 3 is 2.52 bits per heavy atom. The van der Waals surface area contributed by atoms with E-state index in [4.69, 9.17) is 10.0 Å². The van der Waals surface area contributed by atoms with E-state index in [2.05, 4.69) is 5.32 Å². The van der Waals surface area contributed by atoms with Crippen LogP contribution >= 0.6 is 0 Å². The zero-order valence-corrected chi connectivity index (χ0v) is 10.9. The zero-order chi connectivity index (χ0) is 15.4. The van der Waals surface area contributed by atoms with Crippen LogP contribution in [-0.2, 0) is 6.54 Å². The summed E-state index contributed by atoms with van der Waals surface area (Å²) in [5.41, 5.74) is 0.391. The molecule has 3 N–H and O–H groups in total. The fraction of sp³-hybridized carbons (Fsp3) is 0.0714. The van der Waals surface area contributed by atoms with Gasteiger partial charge in [-0.3, -0.25) is 4.79 Å². The van der Waals surface area contributed by atoms with Gasteiger partial charge in [-0.25, -0.2) is 8.78 Å². The van der Waals surface area contributed by atoms with E-state index in [1.807, 2.05) is 0 Å². The topological polar surface area (TPSA) is 69.6 Å². The van der Waals surface area contributed by atoms with E-state index in [0.717, 1.165) is 12.1 Å². The molecule has 0 aromatic heterocycles. The predicted molar refractivity (Wildman–Crippen MR) is 73.8 cm³/mol. The quantitative estimate of drug-likeness (QED) is 0.722. The van der Waals surface area contributed by atoms with E-state index in [1.54, 1.807) is 6.07 Å². The molecule has 2 rings (SSSR count). The fourth-order valence-electron chi connectivity index (χ4n) is 1.82. The van der Waals surface area contributed by atoms with Crippen LogP contribution in [0.3, 0.4) is 0 Å². The van der Waals surface area contributed by atoms with Gasteiger partial charge < -0.3 is 15.4 Å². The Hall–Kier alpha value is -2.25. The number of hydrogen-bond donors (Lipinski definition) is 3. The van der Waals surface area contributed by atoms with Crippen molar-refractivity contribution in [2.45, 2.75) is 6.54 Å². The summed E-state index contributed by atoms with van der Waals surface area (Å²) in [4.78, 5) is 11.9. The van der Waals surface area contributed by atoms with E-state index in [9.17, 15) is 13.6 Å². The molecular formula is C14H12BF2NO3. The Bertz CT molecular complexity index is 664. The molecular weight excluding hydrogens is 279 g/mol. The Balaban J connectivity index is 2.10. The second kappa shape index (κ2) is 6.47. The summed E-state index contributed by atoms with van der Waals surface area (Å²) in [5, 5.41) is 20.5. The first-order valence-electron chi connectivity index (χ1n) is 6.15. The van der Waals surface area contributed by atoms with Crippen molar-refractivity contribution >= 4 is 18.5 Å². The van der Waals surface area contributed by atoms with Crippen molar-refractivity contribution in [2.24, 2.45) is 0 Å². The van der Waals surface area contributed by atoms with Gasteiger partial charge in [0, 0.05) is 12.1 Å². The third kappa shape index (κ3) is 4.11. The predicted octanol–water partition coefficient (Wildman–Crippen LogP) is 0.575. The largest absolute Gasteiger partial charge is 0.488 e. The van der Waals surface area contributed by atoms with Gasteiger partial charge in [0.1, 0.15) is 11.6 Å². The number of carbonyl (C=O) groups excluding carboxylic acids is 1. The first-order valence-corrected chi connectivity index (χ1v) is 6.15. The van der Waals surface area contributed by atoms with Gasteiger partial charge in [0.2, 0.25) is 0 Å². The summed E-state index contributed by atoms with van der Waals surface area (Å²) >= 11 is 0. The maximum Gasteiger partial charge on any atom is 0.488 e. The average Bonchev–Trinajstić information content (AvgIpc) is 2.44. The van der Waals surface area contributed by atoms with Crippen LogP contribution in [0.25, 0.3) is 0 Å². The molecule has 2 aromatic carbocycles. The lowest BCUT2D eigenvalue weighted by Gasteiger charge is -2.07. The molecule has 0 atom stereocenters. The lowest BCUT2D eigenvalue weighted by molar-refractivity contribution is 0.0950. The highest BCUT2D eigenvalue weighted by molar-refractivity contribution is 6.58. The standard InChI is InChI=1S/C14H12BF2NO3/c16-12-3-1-2-9(4-12)8-18-14(19)10-5-11(15(20)21)7-13(17)6-10/h1-7,20-21H,8H2,(H,18,19). The van der Waals surface area contributed by atoms with E-state index >= 15 is 0 Å². The third-order valence-electron chi connectivity index (χ3n) is 2.82. The number of halogens is 2. The number of amides is 1. The van der Waals surface area contributed by atoms with Gasteiger partial charge in [0.25, 0.3) is 5.91 Å². The minimum absolute atomic E-state index is 0.0468. The highest BCUT2D eigenvalue weighted by Crippen LogP contribution is 2.05. The van der Waals surface area contributed by atoms with Gasteiger partial charge in [0.15, 0.2) is 0 Å². The highest BCUT2D eigenvalue weighted by Gasteiger charge is 2.16. The third-order valence-corrected chi connectivity index (χ3v) is 2.82. The summed E-state index contributed by atoms with van der Waals surface area (Å²) in [6, 6.07) is 8.79. The Morgan fingerprint density at radius 2 is 1.86 bits per heavy atom. The van der Waals surface area contributed by atoms with Crippen LogP contribution in [0.15, 0.2) is 42.5 Å². The molecule has 4 nitrogen and oxygen atoms in total. The first-order chi connectivity index (χ1) is 9.95. The fourth-order valence-corrected chi connectivity index (χ4v) is 1.82. The van der Waals surface area contributed by atoms with E-state index in [0.29, 0.717) is 5.56 Å². The van der Waals surface area contributed by atoms with Gasteiger partial charge in [-0.1, -0.05) is 12.1 Å². The van der Waals surface area contributed by atoms with Gasteiger partial charge >= 0.3 is 7.12 Å². The van der Waals surface area contributed by atoms with Crippen LogP contribution in [0, 0.1) is 11.6 Å². The molecule has 0 aliphatic carbocycles. The van der Waals surface area contributed by atoms with E-state index in [-0.39, 0.29) is 17.6 Å². The second-order valence-electron chi connectivity index (χ2n) is 4.46. The molecule has 21 heavy (non-hydrogen) atoms. The molecule has 2 aromatic rings. The zero-order valence-electron chi connectivity index (χ0n) is 10.9. The molecule has 0 bridgehead atoms. The first kappa shape index (κ1) is 15.1. The molecule has 1 amide bonds. The number of nitrogens with one attached hydrogen (secondary N) is 1. The Labute approximate surface area is 120 Å². The average molecular weight is 291 g/mol. The van der Waals surface area contributed by atoms with E-state index in [1.165, 1.54) is 24.3 Å². The maximum atomic E-state index is 13.3. The Kier molecular flexibility index (Phi) is 4.67. The summed E-state index contributed by atoms with van der Waals surface area (Å²) < 4.78 is 26.3. The molecule has 0 unspecified atom stereocenters.